The highest BCUT2D eigenvalue weighted by atomic mass is 79.9. The van der Waals surface area contributed by atoms with Gasteiger partial charge in [-0.2, -0.15) is 0 Å². The van der Waals surface area contributed by atoms with Crippen LogP contribution in [0.2, 0.25) is 0 Å². The van der Waals surface area contributed by atoms with Crippen LogP contribution in [0.25, 0.3) is 140 Å². The van der Waals surface area contributed by atoms with Crippen LogP contribution in [0.5, 0.6) is 0 Å². The number of anilines is 8. The van der Waals surface area contributed by atoms with Gasteiger partial charge in [0, 0.05) is 133 Å². The van der Waals surface area contributed by atoms with Crippen molar-refractivity contribution in [3.8, 4) is 55.6 Å². The predicted molar refractivity (Wildman–Crippen MR) is 564 cm³/mol. The molecule has 0 amide bonds. The summed E-state index contributed by atoms with van der Waals surface area (Å²) in [5, 5.41) is 13.5. The van der Waals surface area contributed by atoms with Crippen LogP contribution < -0.4 is 15.1 Å². The number of nitrogens with zero attached hydrogens (tertiary/aromatic N) is 2. The highest BCUT2D eigenvalue weighted by Gasteiger charge is 2.65. The summed E-state index contributed by atoms with van der Waals surface area (Å²) in [7, 11) is 0. The molecular weight excluding hydrogens is 1780 g/mol. The Morgan fingerprint density at radius 3 is 1.02 bits per heavy atom. The lowest BCUT2D eigenvalue weighted by Crippen LogP contribution is -2.55. The van der Waals surface area contributed by atoms with E-state index in [0.29, 0.717) is 23.7 Å². The molecule has 31 rings (SSSR count). The van der Waals surface area contributed by atoms with Gasteiger partial charge in [-0.3, -0.25) is 0 Å². The van der Waals surface area contributed by atoms with E-state index in [4.69, 9.17) is 8.83 Å². The Morgan fingerprint density at radius 1 is 0.273 bits per heavy atom. The first-order valence-electron chi connectivity index (χ1n) is 47.0. The monoisotopic (exact) mass is 1870 g/mol. The molecule has 10 aliphatic rings. The molecule has 640 valence electrons. The fourth-order valence-electron chi connectivity index (χ4n) is 27.0. The molecule has 4 heterocycles. The van der Waals surface area contributed by atoms with E-state index in [1.165, 1.54) is 213 Å². The lowest BCUT2D eigenvalue weighted by Gasteiger charge is -2.61. The smallest absolute Gasteiger partial charge is 0.145 e. The zero-order valence-corrected chi connectivity index (χ0v) is 77.1. The Labute approximate surface area is 794 Å². The van der Waals surface area contributed by atoms with Crippen molar-refractivity contribution < 1.29 is 8.83 Å². The summed E-state index contributed by atoms with van der Waals surface area (Å²) >= 11 is 12.1. The van der Waals surface area contributed by atoms with Gasteiger partial charge >= 0.3 is 0 Å². The van der Waals surface area contributed by atoms with E-state index in [9.17, 15) is 0 Å². The van der Waals surface area contributed by atoms with E-state index >= 15 is 0 Å². The van der Waals surface area contributed by atoms with Crippen molar-refractivity contribution in [1.82, 2.24) is 0 Å². The number of furan rings is 2. The van der Waals surface area contributed by atoms with Crippen LogP contribution in [0.1, 0.15) is 93.9 Å². The summed E-state index contributed by atoms with van der Waals surface area (Å²) in [4.78, 5) is 5.10. The molecule has 8 fully saturated rings. The zero-order valence-electron chi connectivity index (χ0n) is 72.3. The average Bonchev–Trinajstić information content (AvgIpc) is 1.81. The molecule has 8 bridgehead atoms. The fourth-order valence-corrected chi connectivity index (χ4v) is 30.9. The first kappa shape index (κ1) is 80.0. The van der Waals surface area contributed by atoms with Crippen LogP contribution >= 0.6 is 54.5 Å². The van der Waals surface area contributed by atoms with Crippen molar-refractivity contribution >= 4 is 184 Å². The first-order valence-corrected chi connectivity index (χ1v) is 50.2. The van der Waals surface area contributed by atoms with Crippen molar-refractivity contribution in [1.29, 1.82) is 0 Å². The largest absolute Gasteiger partial charge is 0.455 e. The van der Waals surface area contributed by atoms with Crippen molar-refractivity contribution in [3.05, 3.63) is 407 Å². The second-order valence-electron chi connectivity index (χ2n) is 38.4. The molecule has 21 aromatic rings. The summed E-state index contributed by atoms with van der Waals surface area (Å²) in [5.74, 6) is 5.86. The maximum atomic E-state index is 7.53. The van der Waals surface area contributed by atoms with E-state index in [0.717, 1.165) is 85.5 Å². The maximum Gasteiger partial charge on any atom is 0.145 e. The van der Waals surface area contributed by atoms with Crippen molar-refractivity contribution in [3.63, 3.8) is 0 Å². The van der Waals surface area contributed by atoms with E-state index in [-0.39, 0.29) is 18.3 Å². The van der Waals surface area contributed by atoms with Crippen LogP contribution in [0.3, 0.4) is 0 Å². The van der Waals surface area contributed by atoms with Crippen molar-refractivity contribution in [2.75, 3.05) is 15.1 Å². The molecule has 132 heavy (non-hydrogen) atoms. The van der Waals surface area contributed by atoms with Crippen molar-refractivity contribution in [2.45, 2.75) is 82.5 Å². The molecule has 2 spiro atoms. The third kappa shape index (κ3) is 12.4. The number of halogens is 2. The number of para-hydroxylation sites is 5. The molecule has 0 saturated heterocycles. The van der Waals surface area contributed by atoms with E-state index in [2.05, 4.69) is 399 Å². The minimum Gasteiger partial charge on any atom is -0.455 e. The average molecular weight is 1870 g/mol. The molecule has 8 saturated carbocycles. The first-order chi connectivity index (χ1) is 64.7. The number of thiophene rings is 2. The second-order valence-corrected chi connectivity index (χ2v) is 42.2. The lowest BCUT2D eigenvalue weighted by molar-refractivity contribution is -0.0399. The number of rotatable bonds is 11. The number of benzene rings is 17. The van der Waals surface area contributed by atoms with Gasteiger partial charge in [-0.1, -0.05) is 294 Å². The van der Waals surface area contributed by atoms with Crippen molar-refractivity contribution in [2.24, 2.45) is 47.3 Å². The minimum absolute atomic E-state index is 0. The predicted octanol–water partition coefficient (Wildman–Crippen LogP) is 36.9. The molecule has 4 aromatic heterocycles. The Kier molecular flexibility index (Phi) is 19.2. The molecule has 17 aromatic carbocycles. The molecule has 0 aliphatic heterocycles. The van der Waals surface area contributed by atoms with Gasteiger partial charge in [0.1, 0.15) is 22.3 Å². The molecule has 10 aliphatic carbocycles. The Morgan fingerprint density at radius 2 is 0.576 bits per heavy atom. The zero-order chi connectivity index (χ0) is 86.3. The Bertz CT molecular complexity index is 7650. The van der Waals surface area contributed by atoms with Gasteiger partial charge in [-0.25, -0.2) is 0 Å². The Balaban J connectivity index is 0.000000129. The van der Waals surface area contributed by atoms with Crippen LogP contribution in [0, 0.1) is 47.3 Å². The van der Waals surface area contributed by atoms with Crippen LogP contribution in [0.4, 0.5) is 45.5 Å². The number of hydrogen-bond donors (Lipinski definition) is 1. The summed E-state index contributed by atoms with van der Waals surface area (Å²) in [6.07, 6.45) is 13.4. The third-order valence-corrected chi connectivity index (χ3v) is 35.3. The van der Waals surface area contributed by atoms with Crippen LogP contribution in [0.15, 0.2) is 394 Å². The maximum absolute atomic E-state index is 7.53. The van der Waals surface area contributed by atoms with Gasteiger partial charge in [0.25, 0.3) is 0 Å². The van der Waals surface area contributed by atoms with E-state index in [1.54, 1.807) is 5.56 Å². The van der Waals surface area contributed by atoms with Crippen LogP contribution in [-0.4, -0.2) is 0 Å². The SMILES string of the molecule is Brc1cc2c(c3oc4ccccc4c13)-c1c(cc(Br)c3c1sc1ccccc13)C21C2CC3CC(C2)CC1C3.C.c1ccc(-c2ccc(N(c3ccccc3)c3cc4c(c5oc6ccccc6c35)-c3c(cc(N(c5ccccc5)c5ccc(-c6ccccc6)cc5)c5c3sc3ccccc35)C43C4CC5CC(C4)CC3C5)cc2)cc1.c1ccc(Nc2ccc(-c3ccccc3)cc2)cc1. The minimum atomic E-state index is -0.210. The standard InChI is InChI=1S/C70H52N2OS.C34H24Br2OS.C18H15N.CH4/c1-5-17-46(18-6-1)48-29-33-54(34-30-48)71(52-21-9-3-10-22-52)60-42-58-66(68-64(60)56-25-13-15-27-62(56)73-68)67-59(70(58)50-38-44-37-45(40-50)41-51(70)39-44)43-61(65-57-26-14-16-28-63(57)74-69(65)67)72(53-23-11-4-12-24-53)55-35-31-49(32-36-55)47-19-7-2-8-20-47;35-24-14-22-30(32-28(24)20-5-1-3-7-26(20)37-32)31-23(34(22)18-10-16-9-17(12-18)13-19(34)11-16)15-25(36)29-21-6-2-4-8-27(21)38-33(29)31;1-3-7-15(8-4-1)16-11-13-18(14-12-16)19-17-9-5-2-6-10-17;/h1-36,42-45,50-51H,37-41H2;1-8,14-19H,9-13H2;1-14,19H;1H4. The van der Waals surface area contributed by atoms with Crippen LogP contribution in [-0.2, 0) is 10.8 Å². The molecule has 5 nitrogen and oxygen atoms in total. The second kappa shape index (κ2) is 31.7. The summed E-state index contributed by atoms with van der Waals surface area (Å²) in [5.41, 5.74) is 32.1. The third-order valence-electron chi connectivity index (χ3n) is 31.6. The molecule has 9 heteroatoms. The highest BCUT2D eigenvalue weighted by Crippen LogP contribution is 2.75. The fraction of sp³-hybridized carbons (Fsp3) is 0.171. The van der Waals surface area contributed by atoms with Gasteiger partial charge in [0.05, 0.1) is 16.8 Å². The Hall–Kier alpha value is -12.9. The molecule has 0 unspecified atom stereocenters. The topological polar surface area (TPSA) is 44.8 Å². The van der Waals surface area contributed by atoms with Gasteiger partial charge < -0.3 is 24.0 Å². The molecule has 0 atom stereocenters. The molecular formula is C123H95Br2N3O2S2. The quantitative estimate of drug-likeness (QED) is 0.140. The number of fused-ring (bicyclic) bond motifs is 22. The normalized spacial score (nSPS) is 21.1. The van der Waals surface area contributed by atoms with Gasteiger partial charge in [0.2, 0.25) is 0 Å². The summed E-state index contributed by atoms with van der Waals surface area (Å²) < 4.78 is 22.3. The summed E-state index contributed by atoms with van der Waals surface area (Å²) in [6.45, 7) is 0. The van der Waals surface area contributed by atoms with Gasteiger partial charge in [-0.05, 0) is 289 Å². The van der Waals surface area contributed by atoms with Gasteiger partial charge in [-0.15, -0.1) is 22.7 Å². The van der Waals surface area contributed by atoms with E-state index in [1.807, 2.05) is 46.9 Å². The summed E-state index contributed by atoms with van der Waals surface area (Å²) in [6, 6.07) is 137. The van der Waals surface area contributed by atoms with Gasteiger partial charge in [0.15, 0.2) is 0 Å². The van der Waals surface area contributed by atoms with E-state index < -0.39 is 0 Å². The lowest BCUT2D eigenvalue weighted by atomic mass is 9.43. The number of hydrogen-bond acceptors (Lipinski definition) is 7. The molecule has 0 radical (unpaired) electrons. The highest BCUT2D eigenvalue weighted by molar-refractivity contribution is 9.11. The number of nitrogens with one attached hydrogen (secondary N) is 1. The molecule has 1 N–H and O–H groups in total.